The lowest BCUT2D eigenvalue weighted by Crippen LogP contribution is -1.97. The van der Waals surface area contributed by atoms with Crippen molar-refractivity contribution in [2.45, 2.75) is 0 Å². The summed E-state index contributed by atoms with van der Waals surface area (Å²) in [5.41, 5.74) is 16.8. The van der Waals surface area contributed by atoms with E-state index in [0.717, 1.165) is 99.5 Å². The number of nitrogens with zero attached hydrogens (tertiary/aromatic N) is 8. The van der Waals surface area contributed by atoms with E-state index >= 15 is 0 Å². The molecule has 0 saturated heterocycles. The van der Waals surface area contributed by atoms with Crippen molar-refractivity contribution >= 4 is 60.7 Å². The maximum Gasteiger partial charge on any atom is 0.189 e. The van der Waals surface area contributed by atoms with E-state index in [0.29, 0.717) is 22.3 Å². The molecule has 80 heavy (non-hydrogen) atoms. The van der Waals surface area contributed by atoms with Crippen LogP contribution in [-0.4, -0.2) is 9.13 Å². The standard InChI is InChI=1S/C72H38N8/c1-76-54-36-52(43-74)71(53(37-54)44-75)50-20-12-16-46(34-50)61-40-64(49-19-15-23-56(39-49)80-69-30-10-6-26-59(69)60-27-7-11-31-70(60)80)62(47-17-13-21-51(35-47)72-65(77-2)32-45(42-73)33-66(72)78-3)41-63(61)48-18-14-22-55(38-48)79-67-28-8-4-24-57(67)58-25-5-9-29-68(58)79/h4-41H. The van der Waals surface area contributed by atoms with E-state index < -0.39 is 0 Å². The molecule has 0 unspecified atom stereocenters. The van der Waals surface area contributed by atoms with Gasteiger partial charge in [0.05, 0.1) is 71.1 Å². The van der Waals surface area contributed by atoms with E-state index in [2.05, 4.69) is 206 Å². The molecule has 8 heteroatoms. The fraction of sp³-hybridized carbons (Fsp3) is 0. The van der Waals surface area contributed by atoms with Gasteiger partial charge >= 0.3 is 0 Å². The van der Waals surface area contributed by atoms with E-state index in [1.807, 2.05) is 42.5 Å². The molecule has 0 fully saturated rings. The molecule has 2 heterocycles. The van der Waals surface area contributed by atoms with Crippen LogP contribution in [0.25, 0.3) is 136 Å². The number of aromatic nitrogens is 2. The lowest BCUT2D eigenvalue weighted by atomic mass is 9.84. The molecular weight excluding hydrogens is 977 g/mol. The van der Waals surface area contributed by atoms with Gasteiger partial charge in [-0.05, 0) is 158 Å². The highest BCUT2D eigenvalue weighted by Gasteiger charge is 2.23. The zero-order chi connectivity index (χ0) is 54.4. The Labute approximate surface area is 461 Å². The van der Waals surface area contributed by atoms with Crippen LogP contribution >= 0.6 is 0 Å². The molecule has 0 N–H and O–H groups in total. The highest BCUT2D eigenvalue weighted by molar-refractivity contribution is 6.11. The van der Waals surface area contributed by atoms with Crippen LogP contribution in [0.5, 0.6) is 0 Å². The van der Waals surface area contributed by atoms with E-state index in [-0.39, 0.29) is 33.8 Å². The van der Waals surface area contributed by atoms with Gasteiger partial charge < -0.3 is 9.13 Å². The van der Waals surface area contributed by atoms with E-state index in [4.69, 9.17) is 19.7 Å². The van der Waals surface area contributed by atoms with Crippen molar-refractivity contribution in [3.8, 4) is 96.3 Å². The summed E-state index contributed by atoms with van der Waals surface area (Å²) in [6.45, 7) is 24.1. The van der Waals surface area contributed by atoms with Crippen LogP contribution in [0.4, 0.5) is 17.1 Å². The van der Waals surface area contributed by atoms with Gasteiger partial charge in [-0.2, -0.15) is 15.8 Å². The number of nitriles is 3. The minimum atomic E-state index is 0.214. The second-order valence-corrected chi connectivity index (χ2v) is 19.4. The fourth-order valence-corrected chi connectivity index (χ4v) is 11.6. The molecule has 0 saturated carbocycles. The quantitative estimate of drug-likeness (QED) is 0.142. The van der Waals surface area contributed by atoms with E-state index in [1.54, 1.807) is 12.1 Å². The summed E-state index contributed by atoms with van der Waals surface area (Å²) < 4.78 is 4.60. The van der Waals surface area contributed by atoms with Crippen LogP contribution in [0.2, 0.25) is 0 Å². The van der Waals surface area contributed by atoms with Crippen LogP contribution in [-0.2, 0) is 0 Å². The molecule has 366 valence electrons. The first-order valence-electron chi connectivity index (χ1n) is 25.7. The van der Waals surface area contributed by atoms with Crippen molar-refractivity contribution in [1.82, 2.24) is 9.13 Å². The van der Waals surface area contributed by atoms with Crippen molar-refractivity contribution in [1.29, 1.82) is 15.8 Å². The summed E-state index contributed by atoms with van der Waals surface area (Å²) in [4.78, 5) is 11.2. The second-order valence-electron chi connectivity index (χ2n) is 19.4. The van der Waals surface area contributed by atoms with Gasteiger partial charge in [-0.15, -0.1) is 0 Å². The first-order valence-corrected chi connectivity index (χ1v) is 25.7. The summed E-state index contributed by atoms with van der Waals surface area (Å²) in [5, 5.41) is 35.5. The Bertz CT molecular complexity index is 4550. The molecule has 0 radical (unpaired) electrons. The number of hydrogen-bond acceptors (Lipinski definition) is 3. The predicted octanol–water partition coefficient (Wildman–Crippen LogP) is 19.2. The molecule has 0 aliphatic heterocycles. The van der Waals surface area contributed by atoms with Gasteiger partial charge in [-0.1, -0.05) is 133 Å². The Kier molecular flexibility index (Phi) is 11.7. The lowest BCUT2D eigenvalue weighted by Gasteiger charge is -2.21. The Morgan fingerprint density at radius 2 is 0.662 bits per heavy atom. The molecule has 13 rings (SSSR count). The zero-order valence-corrected chi connectivity index (χ0v) is 42.5. The molecule has 0 aliphatic rings. The first kappa shape index (κ1) is 47.7. The van der Waals surface area contributed by atoms with Gasteiger partial charge in [0, 0.05) is 44.0 Å². The molecule has 0 atom stereocenters. The average Bonchev–Trinajstić information content (AvgIpc) is 4.09. The summed E-state index contributed by atoms with van der Waals surface area (Å²) in [6, 6.07) is 83.9. The van der Waals surface area contributed by atoms with Gasteiger partial charge in [0.1, 0.15) is 0 Å². The maximum absolute atomic E-state index is 10.5. The van der Waals surface area contributed by atoms with Gasteiger partial charge in [0.2, 0.25) is 0 Å². The first-order chi connectivity index (χ1) is 39.4. The lowest BCUT2D eigenvalue weighted by molar-refractivity contribution is 1.18. The number of benzene rings is 11. The molecule has 2 aromatic heterocycles. The smallest absolute Gasteiger partial charge is 0.189 e. The Morgan fingerprint density at radius 1 is 0.312 bits per heavy atom. The molecule has 0 aliphatic carbocycles. The summed E-state index contributed by atoms with van der Waals surface area (Å²) in [6.07, 6.45) is 0. The number of fused-ring (bicyclic) bond motifs is 6. The van der Waals surface area contributed by atoms with Crippen LogP contribution in [0.3, 0.4) is 0 Å². The topological polar surface area (TPSA) is 94.3 Å². The summed E-state index contributed by atoms with van der Waals surface area (Å²) >= 11 is 0. The van der Waals surface area contributed by atoms with Crippen LogP contribution < -0.4 is 0 Å². The maximum atomic E-state index is 10.5. The number of rotatable bonds is 8. The van der Waals surface area contributed by atoms with E-state index in [1.165, 1.54) is 12.1 Å². The van der Waals surface area contributed by atoms with Gasteiger partial charge in [0.25, 0.3) is 0 Å². The third-order valence-corrected chi connectivity index (χ3v) is 15.0. The molecule has 0 bridgehead atoms. The predicted molar refractivity (Wildman–Crippen MR) is 321 cm³/mol. The molecule has 11 aromatic carbocycles. The van der Waals surface area contributed by atoms with Crippen molar-refractivity contribution in [2.75, 3.05) is 0 Å². The third-order valence-electron chi connectivity index (χ3n) is 15.0. The highest BCUT2D eigenvalue weighted by Crippen LogP contribution is 2.47. The SMILES string of the molecule is [C-]#[N+]c1cc(C#N)c(-c2cccc(-c3cc(-c4cccc(-n5c6ccccc6c6ccccc65)c4)c(-c4cccc(-c5c([N+]#[C-])cc(C#N)cc5[N+]#[C-])c4)cc3-c3cccc(-n4c5ccccc5c5ccccc54)c3)c2)c(C#N)c1. The third kappa shape index (κ3) is 7.88. The minimum Gasteiger partial charge on any atom is -0.309 e. The van der Waals surface area contributed by atoms with E-state index in [9.17, 15) is 15.8 Å². The monoisotopic (exact) mass is 1010 g/mol. The van der Waals surface area contributed by atoms with Crippen LogP contribution in [0.15, 0.2) is 231 Å². The normalized spacial score (nSPS) is 10.9. The van der Waals surface area contributed by atoms with Crippen molar-refractivity contribution in [3.63, 3.8) is 0 Å². The Hall–Kier alpha value is -12.0. The zero-order valence-electron chi connectivity index (χ0n) is 42.5. The minimum absolute atomic E-state index is 0.214. The Morgan fingerprint density at radius 3 is 1.02 bits per heavy atom. The molecule has 8 nitrogen and oxygen atoms in total. The van der Waals surface area contributed by atoms with Gasteiger partial charge in [0.15, 0.2) is 17.1 Å². The second kappa shape index (κ2) is 19.6. The molecule has 13 aromatic rings. The van der Waals surface area contributed by atoms with Gasteiger partial charge in [-0.3, -0.25) is 0 Å². The molecule has 0 spiro atoms. The number of hydrogen-bond donors (Lipinski definition) is 0. The summed E-state index contributed by atoms with van der Waals surface area (Å²) in [7, 11) is 0. The highest BCUT2D eigenvalue weighted by atomic mass is 15.0. The molecular formula is C72H38N8. The summed E-state index contributed by atoms with van der Waals surface area (Å²) in [5.74, 6) is 0. The molecule has 0 amide bonds. The number of para-hydroxylation sites is 4. The van der Waals surface area contributed by atoms with Crippen molar-refractivity contribution in [2.24, 2.45) is 0 Å². The van der Waals surface area contributed by atoms with Gasteiger partial charge in [-0.25, -0.2) is 14.5 Å². The van der Waals surface area contributed by atoms with Crippen LogP contribution in [0.1, 0.15) is 16.7 Å². The Balaban J connectivity index is 1.12. The average molecular weight is 1020 g/mol. The van der Waals surface area contributed by atoms with Crippen LogP contribution in [0, 0.1) is 53.7 Å². The van der Waals surface area contributed by atoms with Crippen molar-refractivity contribution in [3.05, 3.63) is 281 Å². The largest absolute Gasteiger partial charge is 0.309 e. The fourth-order valence-electron chi connectivity index (χ4n) is 11.6. The van der Waals surface area contributed by atoms with Crippen molar-refractivity contribution < 1.29 is 0 Å².